The second kappa shape index (κ2) is 6.89. The Balaban J connectivity index is 1.56. The second-order valence-electron chi connectivity index (χ2n) is 7.36. The lowest BCUT2D eigenvalue weighted by Gasteiger charge is -2.24. The molecule has 0 unspecified atom stereocenters. The van der Waals surface area contributed by atoms with E-state index in [9.17, 15) is 4.79 Å². The van der Waals surface area contributed by atoms with Crippen LogP contribution in [0.25, 0.3) is 0 Å². The van der Waals surface area contributed by atoms with Gasteiger partial charge in [-0.25, -0.2) is 0 Å². The average molecular weight is 356 g/mol. The Hall–Kier alpha value is -1.72. The molecule has 1 fully saturated rings. The standard InChI is InChI=1S/C20H25N3OS/c1-22(2)13-15-7-4-8-16(21-15)17-9-5-11-23(17)20(24)19-12-14-6-3-10-18(14)25-19/h4,7-8,12,17H,3,5-6,9-11,13H2,1-2H3/t17-/m1/s1. The molecule has 3 heterocycles. The first-order chi connectivity index (χ1) is 12.1. The van der Waals surface area contributed by atoms with Crippen molar-refractivity contribution in [3.63, 3.8) is 0 Å². The molecule has 0 saturated carbocycles. The minimum Gasteiger partial charge on any atom is -0.329 e. The highest BCUT2D eigenvalue weighted by molar-refractivity contribution is 7.14. The molecule has 1 atom stereocenters. The number of carbonyl (C=O) groups excluding carboxylic acids is 1. The summed E-state index contributed by atoms with van der Waals surface area (Å²) < 4.78 is 0. The van der Waals surface area contributed by atoms with E-state index in [-0.39, 0.29) is 11.9 Å². The fourth-order valence-corrected chi connectivity index (χ4v) is 5.20. The number of thiophene rings is 1. The van der Waals surface area contributed by atoms with Gasteiger partial charge in [-0.15, -0.1) is 11.3 Å². The summed E-state index contributed by atoms with van der Waals surface area (Å²) in [5, 5.41) is 0. The third-order valence-electron chi connectivity index (χ3n) is 5.12. The van der Waals surface area contributed by atoms with Crippen LogP contribution in [-0.4, -0.2) is 41.3 Å². The Morgan fingerprint density at radius 3 is 3.00 bits per heavy atom. The molecule has 2 aliphatic rings. The quantitative estimate of drug-likeness (QED) is 0.840. The zero-order chi connectivity index (χ0) is 17.4. The van der Waals surface area contributed by atoms with Crippen molar-refractivity contribution >= 4 is 17.2 Å². The summed E-state index contributed by atoms with van der Waals surface area (Å²) in [5.74, 6) is 0.196. The number of hydrogen-bond acceptors (Lipinski definition) is 4. The van der Waals surface area contributed by atoms with Gasteiger partial charge in [0.2, 0.25) is 0 Å². The van der Waals surface area contributed by atoms with Crippen LogP contribution in [0.2, 0.25) is 0 Å². The van der Waals surface area contributed by atoms with Gasteiger partial charge in [0.05, 0.1) is 22.3 Å². The monoisotopic (exact) mass is 355 g/mol. The van der Waals surface area contributed by atoms with Crippen LogP contribution in [0.4, 0.5) is 0 Å². The lowest BCUT2D eigenvalue weighted by molar-refractivity contribution is 0.0737. The van der Waals surface area contributed by atoms with Gasteiger partial charge >= 0.3 is 0 Å². The Bertz CT molecular complexity index is 761. The largest absolute Gasteiger partial charge is 0.329 e. The van der Waals surface area contributed by atoms with Crippen LogP contribution < -0.4 is 0 Å². The van der Waals surface area contributed by atoms with E-state index in [4.69, 9.17) is 4.98 Å². The number of rotatable bonds is 4. The van der Waals surface area contributed by atoms with Gasteiger partial charge < -0.3 is 9.80 Å². The van der Waals surface area contributed by atoms with Crippen molar-refractivity contribution in [3.8, 4) is 0 Å². The third-order valence-corrected chi connectivity index (χ3v) is 6.34. The van der Waals surface area contributed by atoms with E-state index < -0.39 is 0 Å². The van der Waals surface area contributed by atoms with Gasteiger partial charge in [0.25, 0.3) is 5.91 Å². The number of aryl methyl sites for hydroxylation is 2. The Morgan fingerprint density at radius 1 is 1.32 bits per heavy atom. The molecule has 132 valence electrons. The zero-order valence-corrected chi connectivity index (χ0v) is 15.8. The van der Waals surface area contributed by atoms with Crippen molar-refractivity contribution in [2.24, 2.45) is 0 Å². The van der Waals surface area contributed by atoms with Crippen LogP contribution >= 0.6 is 11.3 Å². The number of pyridine rings is 1. The first-order valence-electron chi connectivity index (χ1n) is 9.15. The third kappa shape index (κ3) is 3.35. The molecule has 2 aromatic rings. The SMILES string of the molecule is CN(C)Cc1cccc([C@H]2CCCN2C(=O)c2cc3c(s2)CCC3)n1. The molecule has 2 aromatic heterocycles. The number of hydrogen-bond donors (Lipinski definition) is 0. The minimum atomic E-state index is 0.117. The van der Waals surface area contributed by atoms with Gasteiger partial charge in [-0.3, -0.25) is 9.78 Å². The highest BCUT2D eigenvalue weighted by Gasteiger charge is 2.33. The molecular weight excluding hydrogens is 330 g/mol. The molecular formula is C20H25N3OS. The lowest BCUT2D eigenvalue weighted by Crippen LogP contribution is -2.30. The summed E-state index contributed by atoms with van der Waals surface area (Å²) in [4.78, 5) is 24.4. The van der Waals surface area contributed by atoms with Crippen LogP contribution in [0.3, 0.4) is 0 Å². The molecule has 1 saturated heterocycles. The molecule has 4 nitrogen and oxygen atoms in total. The van der Waals surface area contributed by atoms with E-state index in [1.807, 2.05) is 4.90 Å². The minimum absolute atomic E-state index is 0.117. The Kier molecular flexibility index (Phi) is 4.61. The van der Waals surface area contributed by atoms with Crippen LogP contribution in [0, 0.1) is 0 Å². The molecule has 4 rings (SSSR count). The van der Waals surface area contributed by atoms with Crippen molar-refractivity contribution in [2.45, 2.75) is 44.7 Å². The predicted octanol–water partition coefficient (Wildman–Crippen LogP) is 3.67. The van der Waals surface area contributed by atoms with Gasteiger partial charge in [-0.05, 0) is 70.0 Å². The number of aromatic nitrogens is 1. The molecule has 1 aliphatic heterocycles. The van der Waals surface area contributed by atoms with Crippen LogP contribution in [-0.2, 0) is 19.4 Å². The van der Waals surface area contributed by atoms with E-state index in [2.05, 4.69) is 43.3 Å². The summed E-state index contributed by atoms with van der Waals surface area (Å²) in [6.45, 7) is 1.66. The van der Waals surface area contributed by atoms with Gasteiger partial charge in [0, 0.05) is 18.0 Å². The van der Waals surface area contributed by atoms with Crippen molar-refractivity contribution in [2.75, 3.05) is 20.6 Å². The normalized spacial score (nSPS) is 19.6. The predicted molar refractivity (Wildman–Crippen MR) is 101 cm³/mol. The highest BCUT2D eigenvalue weighted by Crippen LogP contribution is 2.36. The lowest BCUT2D eigenvalue weighted by atomic mass is 10.1. The first kappa shape index (κ1) is 16.7. The van der Waals surface area contributed by atoms with Gasteiger partial charge in [-0.1, -0.05) is 6.07 Å². The van der Waals surface area contributed by atoms with Crippen molar-refractivity contribution < 1.29 is 4.79 Å². The summed E-state index contributed by atoms with van der Waals surface area (Å²) in [7, 11) is 4.10. The van der Waals surface area contributed by atoms with E-state index >= 15 is 0 Å². The summed E-state index contributed by atoms with van der Waals surface area (Å²) in [6.07, 6.45) is 5.59. The fraction of sp³-hybridized carbons (Fsp3) is 0.500. The first-order valence-corrected chi connectivity index (χ1v) is 9.96. The number of likely N-dealkylation sites (tertiary alicyclic amines) is 1. The van der Waals surface area contributed by atoms with Crippen LogP contribution in [0.1, 0.15) is 56.8 Å². The number of carbonyl (C=O) groups is 1. The Labute approximate surface area is 153 Å². The molecule has 0 N–H and O–H groups in total. The maximum absolute atomic E-state index is 13.1. The van der Waals surface area contributed by atoms with E-state index in [0.29, 0.717) is 0 Å². The van der Waals surface area contributed by atoms with E-state index in [0.717, 1.165) is 55.0 Å². The van der Waals surface area contributed by atoms with Crippen molar-refractivity contribution in [3.05, 3.63) is 51.0 Å². The van der Waals surface area contributed by atoms with Gasteiger partial charge in [-0.2, -0.15) is 0 Å². The molecule has 1 aliphatic carbocycles. The molecule has 1 amide bonds. The molecule has 0 spiro atoms. The molecule has 5 heteroatoms. The average Bonchev–Trinajstić information content (AvgIpc) is 3.29. The Morgan fingerprint density at radius 2 is 2.20 bits per heavy atom. The summed E-state index contributed by atoms with van der Waals surface area (Å²) in [6, 6.07) is 8.47. The maximum atomic E-state index is 13.1. The maximum Gasteiger partial charge on any atom is 0.264 e. The molecule has 0 aromatic carbocycles. The fourth-order valence-electron chi connectivity index (χ4n) is 3.99. The van der Waals surface area contributed by atoms with Crippen LogP contribution in [0.15, 0.2) is 24.3 Å². The zero-order valence-electron chi connectivity index (χ0n) is 15.0. The summed E-state index contributed by atoms with van der Waals surface area (Å²) in [5.41, 5.74) is 3.50. The molecule has 25 heavy (non-hydrogen) atoms. The molecule has 0 bridgehead atoms. The van der Waals surface area contributed by atoms with Crippen molar-refractivity contribution in [1.82, 2.24) is 14.8 Å². The number of amides is 1. The molecule has 0 radical (unpaired) electrons. The second-order valence-corrected chi connectivity index (χ2v) is 8.50. The highest BCUT2D eigenvalue weighted by atomic mass is 32.1. The number of nitrogens with zero attached hydrogens (tertiary/aromatic N) is 3. The van der Waals surface area contributed by atoms with E-state index in [1.54, 1.807) is 11.3 Å². The summed E-state index contributed by atoms with van der Waals surface area (Å²) >= 11 is 1.71. The van der Waals surface area contributed by atoms with Crippen LogP contribution in [0.5, 0.6) is 0 Å². The van der Waals surface area contributed by atoms with Gasteiger partial charge in [0.1, 0.15) is 0 Å². The number of fused-ring (bicyclic) bond motifs is 1. The van der Waals surface area contributed by atoms with Gasteiger partial charge in [0.15, 0.2) is 0 Å². The topological polar surface area (TPSA) is 36.4 Å². The smallest absolute Gasteiger partial charge is 0.264 e. The van der Waals surface area contributed by atoms with E-state index in [1.165, 1.54) is 16.9 Å². The van der Waals surface area contributed by atoms with Crippen molar-refractivity contribution in [1.29, 1.82) is 0 Å².